The molecule has 0 aliphatic carbocycles. The van der Waals surface area contributed by atoms with Gasteiger partial charge in [0, 0.05) is 0 Å². The molecule has 0 aliphatic rings. The highest BCUT2D eigenvalue weighted by Gasteiger charge is 2.09. The molecule has 4 rings (SSSR count). The van der Waals surface area contributed by atoms with Gasteiger partial charge in [0.25, 0.3) is 0 Å². The third-order valence-electron chi connectivity index (χ3n) is 5.16. The van der Waals surface area contributed by atoms with Crippen LogP contribution in [0.2, 0.25) is 0 Å². The van der Waals surface area contributed by atoms with E-state index in [9.17, 15) is 4.79 Å². The second kappa shape index (κ2) is 11.0. The molecule has 0 bridgehead atoms. The zero-order valence-electron chi connectivity index (χ0n) is 18.5. The molecule has 0 atom stereocenters. The SMILES string of the molecule is COC(=O)Cc1ccc(OCCOc2cc3ccccc3cc2OCc2ccccc2)cc1. The van der Waals surface area contributed by atoms with E-state index in [1.165, 1.54) is 7.11 Å². The molecule has 0 heterocycles. The lowest BCUT2D eigenvalue weighted by atomic mass is 10.1. The van der Waals surface area contributed by atoms with Crippen LogP contribution in [0.3, 0.4) is 0 Å². The van der Waals surface area contributed by atoms with Gasteiger partial charge in [-0.2, -0.15) is 0 Å². The predicted octanol–water partition coefficient (Wildman–Crippen LogP) is 5.59. The van der Waals surface area contributed by atoms with Gasteiger partial charge in [-0.25, -0.2) is 0 Å². The minimum atomic E-state index is -0.266. The van der Waals surface area contributed by atoms with Crippen LogP contribution in [-0.2, 0) is 22.6 Å². The minimum Gasteiger partial charge on any atom is -0.490 e. The molecule has 0 unspecified atom stereocenters. The van der Waals surface area contributed by atoms with Gasteiger partial charge >= 0.3 is 5.97 Å². The molecule has 168 valence electrons. The second-order valence-electron chi connectivity index (χ2n) is 7.51. The van der Waals surface area contributed by atoms with E-state index in [0.717, 1.165) is 21.9 Å². The van der Waals surface area contributed by atoms with Gasteiger partial charge in [-0.3, -0.25) is 4.79 Å². The Kier molecular flexibility index (Phi) is 7.44. The van der Waals surface area contributed by atoms with Crippen LogP contribution in [0.5, 0.6) is 17.2 Å². The quantitative estimate of drug-likeness (QED) is 0.237. The smallest absolute Gasteiger partial charge is 0.309 e. The van der Waals surface area contributed by atoms with Crippen LogP contribution in [0, 0.1) is 0 Å². The van der Waals surface area contributed by atoms with Gasteiger partial charge < -0.3 is 18.9 Å². The van der Waals surface area contributed by atoms with Crippen LogP contribution < -0.4 is 14.2 Å². The standard InChI is InChI=1S/C28H26O5/c1-30-28(29)17-21-11-13-25(14-12-21)31-15-16-32-26-18-23-9-5-6-10-24(23)19-27(26)33-20-22-7-3-2-4-8-22/h2-14,18-19H,15-17,20H2,1H3. The number of benzene rings is 4. The molecule has 4 aromatic carbocycles. The molecular formula is C28H26O5. The van der Waals surface area contributed by atoms with Crippen LogP contribution in [0.4, 0.5) is 0 Å². The van der Waals surface area contributed by atoms with Gasteiger partial charge in [0.05, 0.1) is 13.5 Å². The van der Waals surface area contributed by atoms with E-state index in [1.807, 2.05) is 78.9 Å². The van der Waals surface area contributed by atoms with Crippen molar-refractivity contribution in [2.45, 2.75) is 13.0 Å². The number of methoxy groups -OCH3 is 1. The van der Waals surface area contributed by atoms with E-state index in [1.54, 1.807) is 0 Å². The summed E-state index contributed by atoms with van der Waals surface area (Å²) in [6, 6.07) is 29.5. The van der Waals surface area contributed by atoms with Crippen molar-refractivity contribution in [3.8, 4) is 17.2 Å². The Morgan fingerprint density at radius 1 is 0.667 bits per heavy atom. The molecule has 0 saturated heterocycles. The van der Waals surface area contributed by atoms with Crippen LogP contribution in [0.25, 0.3) is 10.8 Å². The summed E-state index contributed by atoms with van der Waals surface area (Å²) in [6.45, 7) is 1.20. The third-order valence-corrected chi connectivity index (χ3v) is 5.16. The number of hydrogen-bond donors (Lipinski definition) is 0. The van der Waals surface area contributed by atoms with E-state index in [4.69, 9.17) is 14.2 Å². The first-order chi connectivity index (χ1) is 16.2. The molecule has 0 radical (unpaired) electrons. The Morgan fingerprint density at radius 2 is 1.27 bits per heavy atom. The summed E-state index contributed by atoms with van der Waals surface area (Å²) in [5, 5.41) is 2.18. The number of rotatable bonds is 10. The van der Waals surface area contributed by atoms with E-state index in [0.29, 0.717) is 37.1 Å². The fourth-order valence-corrected chi connectivity index (χ4v) is 3.41. The third kappa shape index (κ3) is 6.26. The average molecular weight is 443 g/mol. The predicted molar refractivity (Wildman–Crippen MR) is 128 cm³/mol. The average Bonchev–Trinajstić information content (AvgIpc) is 2.86. The lowest BCUT2D eigenvalue weighted by Crippen LogP contribution is -2.10. The summed E-state index contributed by atoms with van der Waals surface area (Å²) in [6.07, 6.45) is 0.244. The molecule has 0 spiro atoms. The monoisotopic (exact) mass is 442 g/mol. The molecule has 0 amide bonds. The maximum absolute atomic E-state index is 11.4. The molecular weight excluding hydrogens is 416 g/mol. The Morgan fingerprint density at radius 3 is 1.94 bits per heavy atom. The highest BCUT2D eigenvalue weighted by molar-refractivity contribution is 5.86. The lowest BCUT2D eigenvalue weighted by Gasteiger charge is -2.15. The number of carbonyl (C=O) groups is 1. The molecule has 5 heteroatoms. The summed E-state index contributed by atoms with van der Waals surface area (Å²) in [4.78, 5) is 11.4. The number of hydrogen-bond acceptors (Lipinski definition) is 5. The Bertz CT molecular complexity index is 1190. The normalized spacial score (nSPS) is 10.6. The highest BCUT2D eigenvalue weighted by Crippen LogP contribution is 2.33. The largest absolute Gasteiger partial charge is 0.490 e. The van der Waals surface area contributed by atoms with Crippen molar-refractivity contribution >= 4 is 16.7 Å². The summed E-state index contributed by atoms with van der Waals surface area (Å²) in [5.41, 5.74) is 1.97. The van der Waals surface area contributed by atoms with E-state index in [-0.39, 0.29) is 12.4 Å². The maximum atomic E-state index is 11.4. The van der Waals surface area contributed by atoms with Gasteiger partial charge in [-0.15, -0.1) is 0 Å². The Balaban J connectivity index is 1.37. The molecule has 0 N–H and O–H groups in total. The van der Waals surface area contributed by atoms with Gasteiger partial charge in [-0.1, -0.05) is 66.7 Å². The zero-order valence-corrected chi connectivity index (χ0v) is 18.5. The highest BCUT2D eigenvalue weighted by atomic mass is 16.5. The van der Waals surface area contributed by atoms with Gasteiger partial charge in [-0.05, 0) is 46.2 Å². The Labute approximate surface area is 193 Å². The van der Waals surface area contributed by atoms with Crippen molar-refractivity contribution < 1.29 is 23.7 Å². The van der Waals surface area contributed by atoms with Gasteiger partial charge in [0.1, 0.15) is 25.6 Å². The molecule has 0 fully saturated rings. The summed E-state index contributed by atoms with van der Waals surface area (Å²) >= 11 is 0. The van der Waals surface area contributed by atoms with Crippen molar-refractivity contribution in [1.29, 1.82) is 0 Å². The second-order valence-corrected chi connectivity index (χ2v) is 7.51. The van der Waals surface area contributed by atoms with Crippen molar-refractivity contribution in [1.82, 2.24) is 0 Å². The van der Waals surface area contributed by atoms with Crippen molar-refractivity contribution in [3.05, 3.63) is 102 Å². The van der Waals surface area contributed by atoms with Crippen molar-refractivity contribution in [2.75, 3.05) is 20.3 Å². The fraction of sp³-hybridized carbons (Fsp3) is 0.179. The number of fused-ring (bicyclic) bond motifs is 1. The van der Waals surface area contributed by atoms with Crippen molar-refractivity contribution in [2.24, 2.45) is 0 Å². The van der Waals surface area contributed by atoms with Crippen LogP contribution in [0.15, 0.2) is 91.0 Å². The van der Waals surface area contributed by atoms with E-state index >= 15 is 0 Å². The number of carbonyl (C=O) groups excluding carboxylic acids is 1. The maximum Gasteiger partial charge on any atom is 0.309 e. The Hall–Kier alpha value is -3.99. The molecule has 5 nitrogen and oxygen atoms in total. The van der Waals surface area contributed by atoms with Gasteiger partial charge in [0.15, 0.2) is 11.5 Å². The fourth-order valence-electron chi connectivity index (χ4n) is 3.41. The summed E-state index contributed by atoms with van der Waals surface area (Å²) in [5.74, 6) is 1.83. The van der Waals surface area contributed by atoms with Crippen LogP contribution in [0.1, 0.15) is 11.1 Å². The minimum absolute atomic E-state index is 0.244. The molecule has 0 saturated carbocycles. The topological polar surface area (TPSA) is 54.0 Å². The summed E-state index contributed by atoms with van der Waals surface area (Å²) in [7, 11) is 1.38. The molecule has 4 aromatic rings. The first-order valence-electron chi connectivity index (χ1n) is 10.8. The molecule has 0 aliphatic heterocycles. The van der Waals surface area contributed by atoms with Crippen molar-refractivity contribution in [3.63, 3.8) is 0 Å². The van der Waals surface area contributed by atoms with Crippen LogP contribution >= 0.6 is 0 Å². The van der Waals surface area contributed by atoms with E-state index in [2.05, 4.69) is 16.9 Å². The summed E-state index contributed by atoms with van der Waals surface area (Å²) < 4.78 is 22.6. The molecule has 0 aromatic heterocycles. The van der Waals surface area contributed by atoms with Crippen LogP contribution in [-0.4, -0.2) is 26.3 Å². The first kappa shape index (κ1) is 22.2. The first-order valence-corrected chi connectivity index (χ1v) is 10.8. The number of ether oxygens (including phenoxy) is 4. The lowest BCUT2D eigenvalue weighted by molar-refractivity contribution is -0.139. The number of esters is 1. The molecule has 33 heavy (non-hydrogen) atoms. The van der Waals surface area contributed by atoms with Gasteiger partial charge in [0.2, 0.25) is 0 Å². The van der Waals surface area contributed by atoms with E-state index < -0.39 is 0 Å². The zero-order chi connectivity index (χ0) is 22.9.